The number of rotatable bonds is 7. The van der Waals surface area contributed by atoms with Gasteiger partial charge in [-0.05, 0) is 44.0 Å². The van der Waals surface area contributed by atoms with Gasteiger partial charge in [0.05, 0.1) is 12.8 Å². The first-order valence-electron chi connectivity index (χ1n) is 9.80. The number of anilines is 1. The Morgan fingerprint density at radius 2 is 1.93 bits per heavy atom. The van der Waals surface area contributed by atoms with Gasteiger partial charge in [0.25, 0.3) is 0 Å². The zero-order chi connectivity index (χ0) is 20.2. The molecule has 4 aromatic rings. The van der Waals surface area contributed by atoms with Crippen molar-refractivity contribution in [3.63, 3.8) is 0 Å². The Bertz CT molecular complexity index is 1120. The number of fused-ring (bicyclic) bond motifs is 1. The van der Waals surface area contributed by atoms with Gasteiger partial charge in [0.1, 0.15) is 23.5 Å². The van der Waals surface area contributed by atoms with Crippen molar-refractivity contribution in [1.29, 1.82) is 0 Å². The predicted octanol–water partition coefficient (Wildman–Crippen LogP) is 4.74. The Morgan fingerprint density at radius 3 is 2.76 bits per heavy atom. The van der Waals surface area contributed by atoms with Crippen LogP contribution in [0.25, 0.3) is 22.3 Å². The summed E-state index contributed by atoms with van der Waals surface area (Å²) in [4.78, 5) is 13.4. The molecule has 1 aromatic carbocycles. The van der Waals surface area contributed by atoms with Gasteiger partial charge in [-0.15, -0.1) is 0 Å². The highest BCUT2D eigenvalue weighted by molar-refractivity contribution is 5.81. The number of benzene rings is 1. The molecule has 0 aliphatic rings. The Kier molecular flexibility index (Phi) is 5.42. The lowest BCUT2D eigenvalue weighted by Crippen LogP contribution is -2.07. The molecule has 0 spiro atoms. The zero-order valence-electron chi connectivity index (χ0n) is 17.0. The molecule has 0 atom stereocenters. The summed E-state index contributed by atoms with van der Waals surface area (Å²) in [6.07, 6.45) is 6.39. The normalized spacial score (nSPS) is 11.2. The summed E-state index contributed by atoms with van der Waals surface area (Å²) in [5, 5.41) is 4.49. The Labute approximate surface area is 170 Å². The largest absolute Gasteiger partial charge is 0.496 e. The van der Waals surface area contributed by atoms with E-state index in [0.717, 1.165) is 46.8 Å². The van der Waals surface area contributed by atoms with Crippen LogP contribution in [0.3, 0.4) is 0 Å². The van der Waals surface area contributed by atoms with E-state index >= 15 is 0 Å². The molecule has 1 N–H and O–H groups in total. The van der Waals surface area contributed by atoms with Crippen LogP contribution in [0.2, 0.25) is 0 Å². The summed E-state index contributed by atoms with van der Waals surface area (Å²) in [6, 6.07) is 14.6. The molecule has 0 aliphatic carbocycles. The van der Waals surface area contributed by atoms with E-state index in [4.69, 9.17) is 4.74 Å². The Balaban J connectivity index is 1.49. The monoisotopic (exact) mass is 387 g/mol. The van der Waals surface area contributed by atoms with Crippen molar-refractivity contribution in [2.24, 2.45) is 0 Å². The minimum Gasteiger partial charge on any atom is -0.496 e. The molecule has 4 rings (SSSR count). The summed E-state index contributed by atoms with van der Waals surface area (Å²) in [7, 11) is 1.70. The second-order valence-electron chi connectivity index (χ2n) is 7.23. The molecule has 0 saturated carbocycles. The third kappa shape index (κ3) is 4.06. The highest BCUT2D eigenvalue weighted by Crippen LogP contribution is 2.25. The van der Waals surface area contributed by atoms with Crippen molar-refractivity contribution in [3.05, 3.63) is 66.7 Å². The molecule has 0 bridgehead atoms. The fraction of sp³-hybridized carbons (Fsp3) is 0.261. The van der Waals surface area contributed by atoms with Crippen LogP contribution in [0.4, 0.5) is 5.82 Å². The molecular formula is C23H25N5O. The van der Waals surface area contributed by atoms with E-state index < -0.39 is 0 Å². The molecule has 0 saturated heterocycles. The fourth-order valence-electron chi connectivity index (χ4n) is 3.45. The van der Waals surface area contributed by atoms with Gasteiger partial charge in [0.2, 0.25) is 0 Å². The maximum Gasteiger partial charge on any atom is 0.140 e. The van der Waals surface area contributed by atoms with Crippen LogP contribution in [-0.2, 0) is 6.42 Å². The van der Waals surface area contributed by atoms with Crippen LogP contribution >= 0.6 is 0 Å². The maximum atomic E-state index is 5.41. The van der Waals surface area contributed by atoms with Gasteiger partial charge in [-0.2, -0.15) is 0 Å². The first kappa shape index (κ1) is 18.9. The van der Waals surface area contributed by atoms with Crippen molar-refractivity contribution < 1.29 is 4.74 Å². The molecule has 29 heavy (non-hydrogen) atoms. The topological polar surface area (TPSA) is 64.9 Å². The van der Waals surface area contributed by atoms with Gasteiger partial charge in [0.15, 0.2) is 0 Å². The fourth-order valence-corrected chi connectivity index (χ4v) is 3.45. The molecule has 6 nitrogen and oxygen atoms in total. The summed E-state index contributed by atoms with van der Waals surface area (Å²) < 4.78 is 7.59. The number of hydrogen-bond donors (Lipinski definition) is 1. The molecule has 6 heteroatoms. The Hall–Kier alpha value is -3.41. The minimum atomic E-state index is 0.379. The number of pyridine rings is 1. The highest BCUT2D eigenvalue weighted by Gasteiger charge is 2.09. The van der Waals surface area contributed by atoms with Gasteiger partial charge in [-0.25, -0.2) is 15.0 Å². The number of methoxy groups -OCH3 is 1. The van der Waals surface area contributed by atoms with Crippen LogP contribution in [-0.4, -0.2) is 33.2 Å². The van der Waals surface area contributed by atoms with E-state index in [-0.39, 0.29) is 0 Å². The van der Waals surface area contributed by atoms with Crippen molar-refractivity contribution in [3.8, 4) is 17.0 Å². The number of nitrogens with zero attached hydrogens (tertiary/aromatic N) is 4. The van der Waals surface area contributed by atoms with Crippen molar-refractivity contribution >= 4 is 16.9 Å². The van der Waals surface area contributed by atoms with Crippen LogP contribution in [0.15, 0.2) is 61.2 Å². The van der Waals surface area contributed by atoms with Gasteiger partial charge in [-0.3, -0.25) is 0 Å². The lowest BCUT2D eigenvalue weighted by Gasteiger charge is -2.10. The first-order valence-corrected chi connectivity index (χ1v) is 9.80. The van der Waals surface area contributed by atoms with E-state index in [1.807, 2.05) is 30.5 Å². The quantitative estimate of drug-likeness (QED) is 0.496. The number of hydrogen-bond acceptors (Lipinski definition) is 5. The number of aromatic nitrogens is 4. The summed E-state index contributed by atoms with van der Waals surface area (Å²) in [6.45, 7) is 5.07. The van der Waals surface area contributed by atoms with Crippen LogP contribution in [0.1, 0.15) is 25.5 Å². The van der Waals surface area contributed by atoms with Crippen LogP contribution in [0, 0.1) is 0 Å². The van der Waals surface area contributed by atoms with Crippen molar-refractivity contribution in [1.82, 2.24) is 19.5 Å². The standard InChI is InChI=1S/C23H25N5O/c1-16(2)28-11-9-18-12-19(14-25-23(18)28)20-13-22(27-15-26-20)24-10-8-17-6-4-5-7-21(17)29-3/h4-7,9,11-16H,8,10H2,1-3H3,(H,24,26,27). The molecule has 0 unspecified atom stereocenters. The third-order valence-electron chi connectivity index (χ3n) is 4.97. The van der Waals surface area contributed by atoms with Gasteiger partial charge >= 0.3 is 0 Å². The van der Waals surface area contributed by atoms with Crippen LogP contribution in [0.5, 0.6) is 5.75 Å². The smallest absolute Gasteiger partial charge is 0.140 e. The molecule has 0 radical (unpaired) electrons. The number of nitrogens with one attached hydrogen (secondary N) is 1. The van der Waals surface area contributed by atoms with Gasteiger partial charge < -0.3 is 14.6 Å². The van der Waals surface area contributed by atoms with E-state index in [9.17, 15) is 0 Å². The molecule has 0 amide bonds. The second-order valence-corrected chi connectivity index (χ2v) is 7.23. The van der Waals surface area contributed by atoms with Gasteiger partial charge in [-0.1, -0.05) is 18.2 Å². The molecule has 0 fully saturated rings. The van der Waals surface area contributed by atoms with Crippen LogP contribution < -0.4 is 10.1 Å². The van der Waals surface area contributed by atoms with E-state index in [1.54, 1.807) is 13.4 Å². The van der Waals surface area contributed by atoms with Crippen molar-refractivity contribution in [2.75, 3.05) is 19.0 Å². The lowest BCUT2D eigenvalue weighted by molar-refractivity contribution is 0.410. The highest BCUT2D eigenvalue weighted by atomic mass is 16.5. The molecular weight excluding hydrogens is 362 g/mol. The van der Waals surface area contributed by atoms with Crippen molar-refractivity contribution in [2.45, 2.75) is 26.3 Å². The average molecular weight is 387 g/mol. The lowest BCUT2D eigenvalue weighted by atomic mass is 10.1. The SMILES string of the molecule is COc1ccccc1CCNc1cc(-c2cnc3c(ccn3C(C)C)c2)ncn1. The number of ether oxygens (including phenoxy) is 1. The van der Waals surface area contributed by atoms with E-state index in [2.05, 4.69) is 63.1 Å². The second kappa shape index (κ2) is 8.31. The average Bonchev–Trinajstić information content (AvgIpc) is 3.18. The molecule has 3 heterocycles. The zero-order valence-corrected chi connectivity index (χ0v) is 17.0. The Morgan fingerprint density at radius 1 is 1.07 bits per heavy atom. The summed E-state index contributed by atoms with van der Waals surface area (Å²) >= 11 is 0. The summed E-state index contributed by atoms with van der Waals surface area (Å²) in [5.74, 6) is 1.70. The molecule has 0 aliphatic heterocycles. The number of para-hydroxylation sites is 1. The molecule has 3 aromatic heterocycles. The first-order chi connectivity index (χ1) is 14.2. The molecule has 148 valence electrons. The minimum absolute atomic E-state index is 0.379. The van der Waals surface area contributed by atoms with E-state index in [0.29, 0.717) is 6.04 Å². The van der Waals surface area contributed by atoms with E-state index in [1.165, 1.54) is 5.56 Å². The van der Waals surface area contributed by atoms with Gasteiger partial charge in [0, 0.05) is 42.0 Å². The predicted molar refractivity (Wildman–Crippen MR) is 116 cm³/mol. The summed E-state index contributed by atoms with van der Waals surface area (Å²) in [5.41, 5.74) is 4.00. The maximum absolute atomic E-state index is 5.41. The third-order valence-corrected chi connectivity index (χ3v) is 4.97.